The van der Waals surface area contributed by atoms with E-state index in [9.17, 15) is 4.79 Å². The summed E-state index contributed by atoms with van der Waals surface area (Å²) in [7, 11) is 1.80. The van der Waals surface area contributed by atoms with Crippen LogP contribution in [0.4, 0.5) is 11.4 Å². The number of carbonyl (C=O) groups excluding carboxylic acids is 1. The predicted molar refractivity (Wildman–Crippen MR) is 83.6 cm³/mol. The molecule has 0 spiro atoms. The van der Waals surface area contributed by atoms with E-state index in [1.165, 1.54) is 0 Å². The van der Waals surface area contributed by atoms with Crippen molar-refractivity contribution in [3.8, 4) is 0 Å². The highest BCUT2D eigenvalue weighted by atomic mass is 32.1. The Bertz CT molecular complexity index is 766. The Morgan fingerprint density at radius 2 is 2.05 bits per heavy atom. The molecule has 0 radical (unpaired) electrons. The third-order valence-electron chi connectivity index (χ3n) is 3.03. The number of para-hydroxylation sites is 1. The van der Waals surface area contributed by atoms with E-state index in [2.05, 4.69) is 15.6 Å². The summed E-state index contributed by atoms with van der Waals surface area (Å²) >= 11 is 1.56. The van der Waals surface area contributed by atoms with Crippen LogP contribution < -0.4 is 10.6 Å². The summed E-state index contributed by atoms with van der Waals surface area (Å²) in [6.45, 7) is 0. The number of aromatic nitrogens is 1. The SMILES string of the molecule is CNc1ccccc1C(=O)Nc1ccc2ncsc2c1. The van der Waals surface area contributed by atoms with E-state index < -0.39 is 0 Å². The van der Waals surface area contributed by atoms with Gasteiger partial charge < -0.3 is 10.6 Å². The predicted octanol–water partition coefficient (Wildman–Crippen LogP) is 3.59. The summed E-state index contributed by atoms with van der Waals surface area (Å²) in [5.41, 5.74) is 4.96. The van der Waals surface area contributed by atoms with Crippen LogP contribution in [0, 0.1) is 0 Å². The Hall–Kier alpha value is -2.40. The summed E-state index contributed by atoms with van der Waals surface area (Å²) in [6.07, 6.45) is 0. The van der Waals surface area contributed by atoms with E-state index in [0.717, 1.165) is 21.6 Å². The summed E-state index contributed by atoms with van der Waals surface area (Å²) in [4.78, 5) is 16.5. The van der Waals surface area contributed by atoms with Gasteiger partial charge in [-0.1, -0.05) is 12.1 Å². The molecule has 1 aromatic heterocycles. The number of hydrogen-bond donors (Lipinski definition) is 2. The van der Waals surface area contributed by atoms with Gasteiger partial charge in [-0.25, -0.2) is 4.98 Å². The fourth-order valence-electron chi connectivity index (χ4n) is 2.03. The number of carbonyl (C=O) groups is 1. The van der Waals surface area contributed by atoms with Crippen LogP contribution in [0.5, 0.6) is 0 Å². The Morgan fingerprint density at radius 3 is 2.90 bits per heavy atom. The Morgan fingerprint density at radius 1 is 1.20 bits per heavy atom. The standard InChI is InChI=1S/C15H13N3OS/c1-16-12-5-3-2-4-11(12)15(19)18-10-6-7-13-14(8-10)20-9-17-13/h2-9,16H,1H3,(H,18,19). The Balaban J connectivity index is 1.88. The average molecular weight is 283 g/mol. The topological polar surface area (TPSA) is 54.0 Å². The first kappa shape index (κ1) is 12.6. The molecular weight excluding hydrogens is 270 g/mol. The number of amides is 1. The van der Waals surface area contributed by atoms with Gasteiger partial charge in [0.15, 0.2) is 0 Å². The Labute approximate surface area is 120 Å². The maximum atomic E-state index is 12.3. The van der Waals surface area contributed by atoms with Crippen LogP contribution in [-0.2, 0) is 0 Å². The number of nitrogens with one attached hydrogen (secondary N) is 2. The zero-order valence-corrected chi connectivity index (χ0v) is 11.7. The van der Waals surface area contributed by atoms with Gasteiger partial charge in [0.2, 0.25) is 0 Å². The first-order valence-corrected chi connectivity index (χ1v) is 7.07. The van der Waals surface area contributed by atoms with Crippen molar-refractivity contribution in [2.75, 3.05) is 17.7 Å². The molecule has 0 aliphatic heterocycles. The summed E-state index contributed by atoms with van der Waals surface area (Å²) in [5, 5.41) is 5.93. The fourth-order valence-corrected chi connectivity index (χ4v) is 2.75. The lowest BCUT2D eigenvalue weighted by Crippen LogP contribution is -2.13. The van der Waals surface area contributed by atoms with Gasteiger partial charge in [0.05, 0.1) is 21.3 Å². The first-order valence-electron chi connectivity index (χ1n) is 6.19. The van der Waals surface area contributed by atoms with Gasteiger partial charge in [0.25, 0.3) is 5.91 Å². The Kier molecular flexibility index (Phi) is 3.35. The summed E-state index contributed by atoms with van der Waals surface area (Å²) in [5.74, 6) is -0.126. The molecule has 0 saturated carbocycles. The molecule has 0 aliphatic carbocycles. The number of hydrogen-bond acceptors (Lipinski definition) is 4. The molecular formula is C15H13N3OS. The molecule has 2 aromatic carbocycles. The van der Waals surface area contributed by atoms with Gasteiger partial charge in [-0.15, -0.1) is 11.3 Å². The van der Waals surface area contributed by atoms with Crippen molar-refractivity contribution < 1.29 is 4.79 Å². The number of fused-ring (bicyclic) bond motifs is 1. The molecule has 3 aromatic rings. The van der Waals surface area contributed by atoms with E-state index in [0.29, 0.717) is 5.56 Å². The molecule has 5 heteroatoms. The minimum Gasteiger partial charge on any atom is -0.387 e. The van der Waals surface area contributed by atoms with E-state index in [4.69, 9.17) is 0 Å². The molecule has 3 rings (SSSR count). The highest BCUT2D eigenvalue weighted by molar-refractivity contribution is 7.16. The number of rotatable bonds is 3. The van der Waals surface area contributed by atoms with E-state index in [1.54, 1.807) is 30.0 Å². The number of anilines is 2. The lowest BCUT2D eigenvalue weighted by Gasteiger charge is -2.09. The fraction of sp³-hybridized carbons (Fsp3) is 0.0667. The van der Waals surface area contributed by atoms with Gasteiger partial charge in [-0.05, 0) is 30.3 Å². The quantitative estimate of drug-likeness (QED) is 0.772. The third kappa shape index (κ3) is 2.35. The molecule has 0 bridgehead atoms. The zero-order chi connectivity index (χ0) is 13.9. The lowest BCUT2D eigenvalue weighted by molar-refractivity contribution is 0.102. The molecule has 0 saturated heterocycles. The van der Waals surface area contributed by atoms with Crippen molar-refractivity contribution in [2.45, 2.75) is 0 Å². The lowest BCUT2D eigenvalue weighted by atomic mass is 10.1. The molecule has 20 heavy (non-hydrogen) atoms. The monoisotopic (exact) mass is 283 g/mol. The van der Waals surface area contributed by atoms with Crippen LogP contribution in [0.3, 0.4) is 0 Å². The highest BCUT2D eigenvalue weighted by Crippen LogP contribution is 2.23. The maximum Gasteiger partial charge on any atom is 0.257 e. The van der Waals surface area contributed by atoms with Crippen LogP contribution in [0.25, 0.3) is 10.2 Å². The number of thiazole rings is 1. The number of nitrogens with zero attached hydrogens (tertiary/aromatic N) is 1. The van der Waals surface area contributed by atoms with E-state index in [-0.39, 0.29) is 5.91 Å². The van der Waals surface area contributed by atoms with E-state index >= 15 is 0 Å². The van der Waals surface area contributed by atoms with Gasteiger partial charge in [0, 0.05) is 18.4 Å². The smallest absolute Gasteiger partial charge is 0.257 e. The molecule has 0 unspecified atom stereocenters. The second kappa shape index (κ2) is 5.30. The number of benzene rings is 2. The molecule has 100 valence electrons. The van der Waals surface area contributed by atoms with Crippen molar-refractivity contribution in [3.63, 3.8) is 0 Å². The van der Waals surface area contributed by atoms with Gasteiger partial charge in [-0.2, -0.15) is 0 Å². The van der Waals surface area contributed by atoms with Crippen LogP contribution in [-0.4, -0.2) is 17.9 Å². The molecule has 0 atom stereocenters. The zero-order valence-electron chi connectivity index (χ0n) is 10.9. The third-order valence-corrected chi connectivity index (χ3v) is 3.82. The van der Waals surface area contributed by atoms with Crippen LogP contribution in [0.2, 0.25) is 0 Å². The van der Waals surface area contributed by atoms with Gasteiger partial charge in [0.1, 0.15) is 0 Å². The summed E-state index contributed by atoms with van der Waals surface area (Å²) < 4.78 is 1.06. The molecule has 4 nitrogen and oxygen atoms in total. The molecule has 1 heterocycles. The van der Waals surface area contributed by atoms with Crippen molar-refractivity contribution >= 4 is 38.8 Å². The van der Waals surface area contributed by atoms with Crippen molar-refractivity contribution in [2.24, 2.45) is 0 Å². The maximum absolute atomic E-state index is 12.3. The van der Waals surface area contributed by atoms with Crippen molar-refractivity contribution in [3.05, 3.63) is 53.5 Å². The minimum atomic E-state index is -0.126. The average Bonchev–Trinajstić information content (AvgIpc) is 2.94. The second-order valence-electron chi connectivity index (χ2n) is 4.28. The molecule has 0 fully saturated rings. The van der Waals surface area contributed by atoms with E-state index in [1.807, 2.05) is 36.4 Å². The first-order chi connectivity index (χ1) is 9.78. The molecule has 2 N–H and O–H groups in total. The second-order valence-corrected chi connectivity index (χ2v) is 5.17. The van der Waals surface area contributed by atoms with Crippen molar-refractivity contribution in [1.29, 1.82) is 0 Å². The normalized spacial score (nSPS) is 10.4. The molecule has 0 aliphatic rings. The van der Waals surface area contributed by atoms with Gasteiger partial charge >= 0.3 is 0 Å². The van der Waals surface area contributed by atoms with Crippen molar-refractivity contribution in [1.82, 2.24) is 4.98 Å². The van der Waals surface area contributed by atoms with Crippen LogP contribution in [0.1, 0.15) is 10.4 Å². The molecule has 1 amide bonds. The highest BCUT2D eigenvalue weighted by Gasteiger charge is 2.10. The van der Waals surface area contributed by atoms with Crippen LogP contribution >= 0.6 is 11.3 Å². The minimum absolute atomic E-state index is 0.126. The van der Waals surface area contributed by atoms with Gasteiger partial charge in [-0.3, -0.25) is 4.79 Å². The largest absolute Gasteiger partial charge is 0.387 e. The summed E-state index contributed by atoms with van der Waals surface area (Å²) in [6, 6.07) is 13.1. The van der Waals surface area contributed by atoms with Crippen LogP contribution in [0.15, 0.2) is 48.0 Å².